The zero-order valence-electron chi connectivity index (χ0n) is 13.8. The number of hydrogen-bond acceptors (Lipinski definition) is 3. The van der Waals surface area contributed by atoms with Crippen LogP contribution < -0.4 is 5.43 Å². The number of aromatic hydroxyl groups is 1. The SMILES string of the molecule is C/C(=N/NC(=O)C1C2CCCCC21)c1ccc2ccccc2c1O. The minimum absolute atomic E-state index is 0.0338. The van der Waals surface area contributed by atoms with Crippen LogP contribution in [0, 0.1) is 17.8 Å². The van der Waals surface area contributed by atoms with Gasteiger partial charge in [-0.25, -0.2) is 5.43 Å². The molecule has 2 aromatic rings. The van der Waals surface area contributed by atoms with E-state index >= 15 is 0 Å². The van der Waals surface area contributed by atoms with Crippen molar-refractivity contribution in [2.24, 2.45) is 22.9 Å². The fourth-order valence-electron chi connectivity index (χ4n) is 4.20. The van der Waals surface area contributed by atoms with Crippen LogP contribution in [-0.2, 0) is 4.79 Å². The monoisotopic (exact) mass is 322 g/mol. The zero-order chi connectivity index (χ0) is 16.7. The number of nitrogens with zero attached hydrogens (tertiary/aromatic N) is 1. The van der Waals surface area contributed by atoms with E-state index in [0.29, 0.717) is 23.1 Å². The standard InChI is InChI=1S/C20H22N2O2/c1-12(14-11-10-13-6-2-3-7-15(13)19(14)23)21-22-20(24)18-16-8-4-5-9-17(16)18/h2-3,6-7,10-11,16-18,23H,4-5,8-9H2,1H3,(H,22,24)/b21-12-. The van der Waals surface area contributed by atoms with E-state index in [2.05, 4.69) is 10.5 Å². The summed E-state index contributed by atoms with van der Waals surface area (Å²) < 4.78 is 0. The third kappa shape index (κ3) is 2.56. The average Bonchev–Trinajstić information content (AvgIpc) is 3.34. The number of carbonyl (C=O) groups excluding carboxylic acids is 1. The lowest BCUT2D eigenvalue weighted by Crippen LogP contribution is -2.22. The lowest BCUT2D eigenvalue weighted by atomic mass is 10.0. The molecule has 2 atom stereocenters. The minimum Gasteiger partial charge on any atom is -0.507 e. The van der Waals surface area contributed by atoms with E-state index in [1.54, 1.807) is 0 Å². The van der Waals surface area contributed by atoms with Gasteiger partial charge in [-0.15, -0.1) is 0 Å². The van der Waals surface area contributed by atoms with Crippen molar-refractivity contribution in [1.82, 2.24) is 5.43 Å². The molecule has 2 fully saturated rings. The van der Waals surface area contributed by atoms with Gasteiger partial charge in [0.15, 0.2) is 0 Å². The summed E-state index contributed by atoms with van der Waals surface area (Å²) in [6, 6.07) is 11.5. The highest BCUT2D eigenvalue weighted by molar-refractivity contribution is 6.06. The fraction of sp³-hybridized carbons (Fsp3) is 0.400. The number of amides is 1. The van der Waals surface area contributed by atoms with Crippen molar-refractivity contribution in [3.8, 4) is 5.75 Å². The Morgan fingerprint density at radius 1 is 1.12 bits per heavy atom. The summed E-state index contributed by atoms with van der Waals surface area (Å²) in [6.07, 6.45) is 4.85. The number of carbonyl (C=O) groups is 1. The Labute approximate surface area is 141 Å². The molecule has 1 amide bonds. The first-order valence-corrected chi connectivity index (χ1v) is 8.72. The van der Waals surface area contributed by atoms with Gasteiger partial charge in [-0.1, -0.05) is 43.2 Å². The molecular weight excluding hydrogens is 300 g/mol. The molecular formula is C20H22N2O2. The molecule has 2 unspecified atom stereocenters. The number of phenolic OH excluding ortho intramolecular Hbond substituents is 1. The van der Waals surface area contributed by atoms with Crippen molar-refractivity contribution in [2.75, 3.05) is 0 Å². The smallest absolute Gasteiger partial charge is 0.243 e. The van der Waals surface area contributed by atoms with Crippen LogP contribution in [0.1, 0.15) is 38.2 Å². The molecule has 4 nitrogen and oxygen atoms in total. The van der Waals surface area contributed by atoms with Gasteiger partial charge in [0.2, 0.25) is 5.91 Å². The molecule has 124 valence electrons. The second-order valence-corrected chi connectivity index (χ2v) is 6.99. The van der Waals surface area contributed by atoms with Crippen LogP contribution in [-0.4, -0.2) is 16.7 Å². The molecule has 0 spiro atoms. The highest BCUT2D eigenvalue weighted by Crippen LogP contribution is 2.55. The predicted octanol–water partition coefficient (Wildman–Crippen LogP) is 3.82. The maximum absolute atomic E-state index is 12.3. The molecule has 2 saturated carbocycles. The Morgan fingerprint density at radius 3 is 2.58 bits per heavy atom. The number of hydrazone groups is 1. The zero-order valence-corrected chi connectivity index (χ0v) is 13.8. The highest BCUT2D eigenvalue weighted by atomic mass is 16.3. The van der Waals surface area contributed by atoms with E-state index in [1.807, 2.05) is 43.3 Å². The summed E-state index contributed by atoms with van der Waals surface area (Å²) in [5.74, 6) is 1.54. The summed E-state index contributed by atoms with van der Waals surface area (Å²) in [6.45, 7) is 1.81. The molecule has 2 aromatic carbocycles. The molecule has 0 aliphatic heterocycles. The fourth-order valence-corrected chi connectivity index (χ4v) is 4.20. The van der Waals surface area contributed by atoms with E-state index < -0.39 is 0 Å². The van der Waals surface area contributed by atoms with Crippen molar-refractivity contribution in [1.29, 1.82) is 0 Å². The third-order valence-corrected chi connectivity index (χ3v) is 5.58. The largest absolute Gasteiger partial charge is 0.507 e. The normalized spacial score (nSPS) is 26.0. The molecule has 2 N–H and O–H groups in total. The van der Waals surface area contributed by atoms with Crippen LogP contribution in [0.5, 0.6) is 5.75 Å². The van der Waals surface area contributed by atoms with Crippen LogP contribution in [0.4, 0.5) is 0 Å². The van der Waals surface area contributed by atoms with Crippen molar-refractivity contribution in [3.63, 3.8) is 0 Å². The molecule has 0 heterocycles. The molecule has 0 bridgehead atoms. The molecule has 2 aliphatic rings. The van der Waals surface area contributed by atoms with Crippen molar-refractivity contribution >= 4 is 22.4 Å². The van der Waals surface area contributed by atoms with Crippen LogP contribution in [0.3, 0.4) is 0 Å². The number of benzene rings is 2. The quantitative estimate of drug-likeness (QED) is 0.666. The first kappa shape index (κ1) is 15.2. The second-order valence-electron chi connectivity index (χ2n) is 6.99. The first-order valence-electron chi connectivity index (χ1n) is 8.72. The summed E-state index contributed by atoms with van der Waals surface area (Å²) >= 11 is 0. The van der Waals surface area contributed by atoms with Crippen LogP contribution >= 0.6 is 0 Å². The number of rotatable bonds is 3. The van der Waals surface area contributed by atoms with Gasteiger partial charge < -0.3 is 5.11 Å². The van der Waals surface area contributed by atoms with Crippen LogP contribution in [0.25, 0.3) is 10.8 Å². The van der Waals surface area contributed by atoms with Gasteiger partial charge in [-0.05, 0) is 43.1 Å². The Balaban J connectivity index is 1.51. The van der Waals surface area contributed by atoms with Crippen LogP contribution in [0.15, 0.2) is 41.5 Å². The van der Waals surface area contributed by atoms with Gasteiger partial charge >= 0.3 is 0 Å². The summed E-state index contributed by atoms with van der Waals surface area (Å²) in [7, 11) is 0. The number of hydrogen-bond donors (Lipinski definition) is 2. The van der Waals surface area contributed by atoms with Gasteiger partial charge in [-0.2, -0.15) is 5.10 Å². The van der Waals surface area contributed by atoms with Crippen LogP contribution in [0.2, 0.25) is 0 Å². The second kappa shape index (κ2) is 5.93. The van der Waals surface area contributed by atoms with E-state index in [4.69, 9.17) is 0 Å². The Hall–Kier alpha value is -2.36. The van der Waals surface area contributed by atoms with Gasteiger partial charge in [0, 0.05) is 16.9 Å². The average molecular weight is 322 g/mol. The number of fused-ring (bicyclic) bond motifs is 2. The van der Waals surface area contributed by atoms with Crippen molar-refractivity contribution < 1.29 is 9.90 Å². The summed E-state index contributed by atoms with van der Waals surface area (Å²) in [4.78, 5) is 12.3. The predicted molar refractivity (Wildman–Crippen MR) is 94.9 cm³/mol. The minimum atomic E-state index is 0.0338. The van der Waals surface area contributed by atoms with E-state index in [0.717, 1.165) is 10.8 Å². The van der Waals surface area contributed by atoms with Gasteiger partial charge in [0.25, 0.3) is 0 Å². The Kier molecular flexibility index (Phi) is 3.75. The van der Waals surface area contributed by atoms with Crippen molar-refractivity contribution in [2.45, 2.75) is 32.6 Å². The third-order valence-electron chi connectivity index (χ3n) is 5.58. The van der Waals surface area contributed by atoms with E-state index in [9.17, 15) is 9.90 Å². The molecule has 24 heavy (non-hydrogen) atoms. The molecule has 4 rings (SSSR count). The van der Waals surface area contributed by atoms with Crippen molar-refractivity contribution in [3.05, 3.63) is 42.0 Å². The number of phenols is 1. The lowest BCUT2D eigenvalue weighted by Gasteiger charge is -2.08. The van der Waals surface area contributed by atoms with E-state index in [1.165, 1.54) is 25.7 Å². The van der Waals surface area contributed by atoms with Gasteiger partial charge in [0.1, 0.15) is 5.75 Å². The molecule has 0 radical (unpaired) electrons. The molecule has 0 aromatic heterocycles. The first-order chi connectivity index (χ1) is 11.7. The Morgan fingerprint density at radius 2 is 1.83 bits per heavy atom. The highest BCUT2D eigenvalue weighted by Gasteiger charge is 2.54. The van der Waals surface area contributed by atoms with E-state index in [-0.39, 0.29) is 17.6 Å². The molecule has 0 saturated heterocycles. The van der Waals surface area contributed by atoms with Gasteiger partial charge in [-0.3, -0.25) is 4.79 Å². The topological polar surface area (TPSA) is 61.7 Å². The maximum atomic E-state index is 12.3. The molecule has 2 aliphatic carbocycles. The summed E-state index contributed by atoms with van der Waals surface area (Å²) in [5, 5.41) is 16.5. The molecule has 4 heteroatoms. The maximum Gasteiger partial charge on any atom is 0.243 e. The summed E-state index contributed by atoms with van der Waals surface area (Å²) in [5.41, 5.74) is 3.99. The Bertz CT molecular complexity index is 815. The number of nitrogens with one attached hydrogen (secondary N) is 1. The lowest BCUT2D eigenvalue weighted by molar-refractivity contribution is -0.122. The van der Waals surface area contributed by atoms with Gasteiger partial charge in [0.05, 0.1) is 5.71 Å².